The van der Waals surface area contributed by atoms with Crippen LogP contribution in [-0.2, 0) is 4.79 Å². The quantitative estimate of drug-likeness (QED) is 0.728. The summed E-state index contributed by atoms with van der Waals surface area (Å²) < 4.78 is 0. The number of rotatable bonds is 4. The van der Waals surface area contributed by atoms with Crippen LogP contribution in [0.3, 0.4) is 0 Å². The fraction of sp³-hybridized carbons (Fsp3) is 0.769. The lowest BCUT2D eigenvalue weighted by Crippen LogP contribution is -2.37. The molecule has 0 aromatic rings. The molecule has 16 heavy (non-hydrogen) atoms. The molecule has 0 amide bonds. The third-order valence-corrected chi connectivity index (χ3v) is 3.63. The highest BCUT2D eigenvalue weighted by atomic mass is 16.1. The second-order valence-electron chi connectivity index (χ2n) is 4.87. The highest BCUT2D eigenvalue weighted by Gasteiger charge is 2.41. The van der Waals surface area contributed by atoms with E-state index in [9.17, 15) is 4.79 Å². The van der Waals surface area contributed by atoms with E-state index in [0.717, 1.165) is 12.8 Å². The molecule has 0 N–H and O–H groups in total. The molecular weight excluding hydrogens is 200 g/mol. The van der Waals surface area contributed by atoms with Crippen LogP contribution in [0.4, 0.5) is 0 Å². The van der Waals surface area contributed by atoms with Crippen molar-refractivity contribution in [2.45, 2.75) is 51.9 Å². The molecule has 0 heterocycles. The van der Waals surface area contributed by atoms with E-state index in [-0.39, 0.29) is 11.2 Å². The highest BCUT2D eigenvalue weighted by molar-refractivity contribution is 5.85. The molecule has 1 saturated carbocycles. The number of carbonyl (C=O) groups is 1. The van der Waals surface area contributed by atoms with E-state index in [1.165, 1.54) is 0 Å². The fourth-order valence-electron chi connectivity index (χ4n) is 2.72. The molecule has 0 spiro atoms. The zero-order chi connectivity index (χ0) is 12.0. The van der Waals surface area contributed by atoms with Crippen molar-refractivity contribution in [2.24, 2.45) is 11.3 Å². The van der Waals surface area contributed by atoms with Gasteiger partial charge < -0.3 is 0 Å². The Labute approximate surface area is 97.1 Å². The SMILES string of the molecule is CC1CCC(=O)C(CCC#N)(CCC#N)C1. The van der Waals surface area contributed by atoms with E-state index in [1.54, 1.807) is 0 Å². The van der Waals surface area contributed by atoms with Crippen molar-refractivity contribution < 1.29 is 4.79 Å². The minimum absolute atomic E-state index is 0.274. The van der Waals surface area contributed by atoms with Gasteiger partial charge in [0.05, 0.1) is 12.1 Å². The summed E-state index contributed by atoms with van der Waals surface area (Å²) in [7, 11) is 0. The maximum atomic E-state index is 12.1. The second kappa shape index (κ2) is 5.66. The van der Waals surface area contributed by atoms with E-state index >= 15 is 0 Å². The lowest BCUT2D eigenvalue weighted by atomic mass is 9.64. The van der Waals surface area contributed by atoms with E-state index < -0.39 is 0 Å². The molecule has 3 nitrogen and oxygen atoms in total. The molecular formula is C13H18N2O. The van der Waals surface area contributed by atoms with Crippen molar-refractivity contribution >= 4 is 5.78 Å². The minimum atomic E-state index is -0.372. The Hall–Kier alpha value is -1.35. The van der Waals surface area contributed by atoms with Crippen LogP contribution in [0, 0.1) is 34.0 Å². The Kier molecular flexibility index (Phi) is 4.50. The van der Waals surface area contributed by atoms with Gasteiger partial charge in [-0.05, 0) is 31.6 Å². The molecule has 86 valence electrons. The van der Waals surface area contributed by atoms with Crippen molar-refractivity contribution in [3.63, 3.8) is 0 Å². The van der Waals surface area contributed by atoms with Crippen molar-refractivity contribution in [1.29, 1.82) is 10.5 Å². The number of Topliss-reactive ketones (excluding diaryl/α,β-unsaturated/α-hetero) is 1. The standard InChI is InChI=1S/C13H18N2O/c1-11-4-5-12(16)13(10-11,6-2-8-14)7-3-9-15/h11H,2-7,10H2,1H3. The van der Waals surface area contributed by atoms with Gasteiger partial charge in [0.2, 0.25) is 0 Å². The average molecular weight is 218 g/mol. The average Bonchev–Trinajstić information content (AvgIpc) is 2.28. The van der Waals surface area contributed by atoms with Crippen LogP contribution in [0.1, 0.15) is 51.9 Å². The number of nitrogens with zero attached hydrogens (tertiary/aromatic N) is 2. The van der Waals surface area contributed by atoms with Crippen LogP contribution in [-0.4, -0.2) is 5.78 Å². The van der Waals surface area contributed by atoms with Gasteiger partial charge in [0.25, 0.3) is 0 Å². The summed E-state index contributed by atoms with van der Waals surface area (Å²) in [5.41, 5.74) is -0.372. The number of carbonyl (C=O) groups excluding carboxylic acids is 1. The molecule has 0 aromatic heterocycles. The van der Waals surface area contributed by atoms with Gasteiger partial charge in [-0.2, -0.15) is 10.5 Å². The summed E-state index contributed by atoms with van der Waals surface area (Å²) in [6.07, 6.45) is 4.55. The third-order valence-electron chi connectivity index (χ3n) is 3.63. The topological polar surface area (TPSA) is 64.7 Å². The Bertz CT molecular complexity index is 317. The summed E-state index contributed by atoms with van der Waals surface area (Å²) in [6.45, 7) is 2.15. The molecule has 0 aliphatic heterocycles. The van der Waals surface area contributed by atoms with Gasteiger partial charge in [-0.1, -0.05) is 6.92 Å². The Balaban J connectivity index is 2.78. The molecule has 1 fully saturated rings. The first-order chi connectivity index (χ1) is 7.64. The van der Waals surface area contributed by atoms with Crippen LogP contribution in [0.5, 0.6) is 0 Å². The minimum Gasteiger partial charge on any atom is -0.299 e. The van der Waals surface area contributed by atoms with Crippen molar-refractivity contribution in [1.82, 2.24) is 0 Å². The number of hydrogen-bond donors (Lipinski definition) is 0. The molecule has 1 rings (SSSR count). The summed E-state index contributed by atoms with van der Waals surface area (Å²) in [4.78, 5) is 12.1. The zero-order valence-electron chi connectivity index (χ0n) is 9.83. The number of ketones is 1. The predicted molar refractivity (Wildman–Crippen MR) is 60.1 cm³/mol. The van der Waals surface area contributed by atoms with Gasteiger partial charge in [0, 0.05) is 24.7 Å². The van der Waals surface area contributed by atoms with Crippen molar-refractivity contribution in [3.8, 4) is 12.1 Å². The summed E-state index contributed by atoms with van der Waals surface area (Å²) >= 11 is 0. The highest BCUT2D eigenvalue weighted by Crippen LogP contribution is 2.43. The van der Waals surface area contributed by atoms with Crippen LogP contribution in [0.25, 0.3) is 0 Å². The lowest BCUT2D eigenvalue weighted by molar-refractivity contribution is -0.133. The van der Waals surface area contributed by atoms with Crippen LogP contribution in [0.2, 0.25) is 0 Å². The van der Waals surface area contributed by atoms with Gasteiger partial charge in [0.1, 0.15) is 5.78 Å². The molecule has 1 unspecified atom stereocenters. The van der Waals surface area contributed by atoms with Gasteiger partial charge in [-0.25, -0.2) is 0 Å². The van der Waals surface area contributed by atoms with E-state index in [4.69, 9.17) is 10.5 Å². The molecule has 1 aliphatic carbocycles. The third kappa shape index (κ3) is 2.83. The zero-order valence-corrected chi connectivity index (χ0v) is 9.83. The molecule has 0 saturated heterocycles. The first kappa shape index (κ1) is 12.7. The summed E-state index contributed by atoms with van der Waals surface area (Å²) in [5, 5.41) is 17.3. The summed E-state index contributed by atoms with van der Waals surface area (Å²) in [5.74, 6) is 0.811. The van der Waals surface area contributed by atoms with E-state index in [2.05, 4.69) is 19.1 Å². The van der Waals surface area contributed by atoms with E-state index in [1.807, 2.05) is 0 Å². The maximum absolute atomic E-state index is 12.1. The lowest BCUT2D eigenvalue weighted by Gasteiger charge is -2.38. The van der Waals surface area contributed by atoms with E-state index in [0.29, 0.717) is 38.0 Å². The Morgan fingerprint density at radius 3 is 2.38 bits per heavy atom. The first-order valence-corrected chi connectivity index (χ1v) is 5.92. The predicted octanol–water partition coefficient (Wildman–Crippen LogP) is 2.97. The fourth-order valence-corrected chi connectivity index (χ4v) is 2.72. The van der Waals surface area contributed by atoms with Gasteiger partial charge in [0.15, 0.2) is 0 Å². The molecule has 1 aliphatic rings. The second-order valence-corrected chi connectivity index (χ2v) is 4.87. The monoisotopic (exact) mass is 218 g/mol. The Morgan fingerprint density at radius 2 is 1.88 bits per heavy atom. The van der Waals surface area contributed by atoms with Crippen molar-refractivity contribution in [2.75, 3.05) is 0 Å². The molecule has 0 bridgehead atoms. The van der Waals surface area contributed by atoms with Gasteiger partial charge in [-0.15, -0.1) is 0 Å². The number of nitriles is 2. The molecule has 0 radical (unpaired) electrons. The molecule has 3 heteroatoms. The van der Waals surface area contributed by atoms with Crippen LogP contribution in [0.15, 0.2) is 0 Å². The smallest absolute Gasteiger partial charge is 0.139 e. The van der Waals surface area contributed by atoms with Crippen LogP contribution >= 0.6 is 0 Å². The van der Waals surface area contributed by atoms with Crippen molar-refractivity contribution in [3.05, 3.63) is 0 Å². The Morgan fingerprint density at radius 1 is 1.31 bits per heavy atom. The first-order valence-electron chi connectivity index (χ1n) is 5.92. The van der Waals surface area contributed by atoms with Gasteiger partial charge in [-0.3, -0.25) is 4.79 Å². The number of hydrogen-bond acceptors (Lipinski definition) is 3. The van der Waals surface area contributed by atoms with Crippen LogP contribution < -0.4 is 0 Å². The maximum Gasteiger partial charge on any atom is 0.139 e. The van der Waals surface area contributed by atoms with Gasteiger partial charge >= 0.3 is 0 Å². The largest absolute Gasteiger partial charge is 0.299 e. The normalized spacial score (nSPS) is 23.4. The summed E-state index contributed by atoms with van der Waals surface area (Å²) in [6, 6.07) is 4.23. The molecule has 0 aromatic carbocycles. The molecule has 1 atom stereocenters.